The molecule has 3 heterocycles. The molecule has 33 heavy (non-hydrogen) atoms. The molecule has 0 radical (unpaired) electrons. The summed E-state index contributed by atoms with van der Waals surface area (Å²) < 4.78 is 7.48. The molecule has 0 N–H and O–H groups in total. The molecule has 2 aliphatic rings. The van der Waals surface area contributed by atoms with Gasteiger partial charge in [-0.15, -0.1) is 10.2 Å². The van der Waals surface area contributed by atoms with Gasteiger partial charge in [0.05, 0.1) is 24.7 Å². The number of ether oxygens (including phenoxy) is 1. The second-order valence-corrected chi connectivity index (χ2v) is 8.91. The van der Waals surface area contributed by atoms with Crippen LogP contribution in [0.4, 0.5) is 11.6 Å². The van der Waals surface area contributed by atoms with Crippen LogP contribution in [0.25, 0.3) is 5.69 Å². The Balaban J connectivity index is 1.36. The first-order chi connectivity index (χ1) is 16.2. The maximum atomic E-state index is 13.0. The van der Waals surface area contributed by atoms with E-state index in [1.54, 1.807) is 11.0 Å². The van der Waals surface area contributed by atoms with E-state index in [-0.39, 0.29) is 17.4 Å². The maximum absolute atomic E-state index is 13.0. The van der Waals surface area contributed by atoms with Crippen LogP contribution in [0.15, 0.2) is 59.8 Å². The summed E-state index contributed by atoms with van der Waals surface area (Å²) in [7, 11) is 0. The minimum atomic E-state index is -0.0102. The minimum absolute atomic E-state index is 0.0102. The zero-order valence-corrected chi connectivity index (χ0v) is 19.0. The third-order valence-electron chi connectivity index (χ3n) is 5.81. The lowest BCUT2D eigenvalue weighted by molar-refractivity contribution is -0.117. The summed E-state index contributed by atoms with van der Waals surface area (Å²) in [5.74, 6) is 1.09. The number of ketones is 1. The average Bonchev–Trinajstić information content (AvgIpc) is 3.50. The van der Waals surface area contributed by atoms with Crippen LogP contribution in [0.5, 0.6) is 0 Å². The number of rotatable bonds is 7. The van der Waals surface area contributed by atoms with E-state index in [9.17, 15) is 9.59 Å². The van der Waals surface area contributed by atoms with Gasteiger partial charge in [0.25, 0.3) is 0 Å². The molecule has 0 atom stereocenters. The normalized spacial score (nSPS) is 16.4. The Morgan fingerprint density at radius 2 is 1.76 bits per heavy atom. The van der Waals surface area contributed by atoms with E-state index in [1.165, 1.54) is 11.8 Å². The number of nitrogens with zero attached hydrogens (tertiary/aromatic N) is 5. The van der Waals surface area contributed by atoms with E-state index in [0.717, 1.165) is 36.8 Å². The van der Waals surface area contributed by atoms with Crippen molar-refractivity contribution >= 4 is 35.1 Å². The summed E-state index contributed by atoms with van der Waals surface area (Å²) in [6.45, 7) is 3.50. The van der Waals surface area contributed by atoms with E-state index in [1.807, 2.05) is 53.1 Å². The van der Waals surface area contributed by atoms with Gasteiger partial charge < -0.3 is 14.5 Å². The number of carbonyl (C=O) groups excluding carboxylic acids is 2. The van der Waals surface area contributed by atoms with Crippen molar-refractivity contribution < 1.29 is 14.3 Å². The van der Waals surface area contributed by atoms with E-state index >= 15 is 0 Å². The molecule has 0 saturated carbocycles. The second-order valence-electron chi connectivity index (χ2n) is 7.96. The molecule has 1 aromatic heterocycles. The van der Waals surface area contributed by atoms with E-state index in [2.05, 4.69) is 15.1 Å². The molecule has 9 heteroatoms. The second kappa shape index (κ2) is 9.76. The Labute approximate surface area is 196 Å². The fraction of sp³-hybridized carbons (Fsp3) is 0.333. The lowest BCUT2D eigenvalue weighted by atomic mass is 10.1. The van der Waals surface area contributed by atoms with Crippen molar-refractivity contribution in [3.05, 3.63) is 60.2 Å². The van der Waals surface area contributed by atoms with Crippen LogP contribution in [0.3, 0.4) is 0 Å². The highest BCUT2D eigenvalue weighted by Crippen LogP contribution is 2.28. The van der Waals surface area contributed by atoms with Crippen molar-refractivity contribution in [3.8, 4) is 5.69 Å². The van der Waals surface area contributed by atoms with Gasteiger partial charge in [-0.1, -0.05) is 42.1 Å². The van der Waals surface area contributed by atoms with Crippen LogP contribution in [-0.2, 0) is 9.53 Å². The number of hydrogen-bond donors (Lipinski definition) is 0. The summed E-state index contributed by atoms with van der Waals surface area (Å²) in [5.41, 5.74) is 2.34. The summed E-state index contributed by atoms with van der Waals surface area (Å²) in [4.78, 5) is 29.0. The number of aromatic nitrogens is 3. The topological polar surface area (TPSA) is 80.6 Å². The molecule has 2 saturated heterocycles. The molecule has 170 valence electrons. The largest absolute Gasteiger partial charge is 0.378 e. The Hall–Kier alpha value is -3.17. The molecule has 3 aromatic rings. The first-order valence-corrected chi connectivity index (χ1v) is 12.1. The monoisotopic (exact) mass is 463 g/mol. The highest BCUT2D eigenvalue weighted by Gasteiger charge is 2.24. The first kappa shape index (κ1) is 21.7. The Morgan fingerprint density at radius 3 is 2.52 bits per heavy atom. The highest BCUT2D eigenvalue weighted by molar-refractivity contribution is 7.99. The standard InChI is InChI=1S/C24H25N5O3S/c30-21(18-6-4-9-20(16-18)28-11-5-10-22(28)31)17-33-24-26-25-23(27-12-14-32-15-13-27)29(24)19-7-2-1-3-8-19/h1-4,6-9,16H,5,10-15,17H2. The maximum Gasteiger partial charge on any atom is 0.232 e. The molecule has 2 fully saturated rings. The average molecular weight is 464 g/mol. The van der Waals surface area contributed by atoms with Crippen LogP contribution in [0.2, 0.25) is 0 Å². The number of anilines is 2. The number of amides is 1. The van der Waals surface area contributed by atoms with Crippen LogP contribution in [0, 0.1) is 0 Å². The summed E-state index contributed by atoms with van der Waals surface area (Å²) in [6.07, 6.45) is 1.42. The number of Topliss-reactive ketones (excluding diaryl/α,β-unsaturated/α-hetero) is 1. The molecule has 1 amide bonds. The summed E-state index contributed by atoms with van der Waals surface area (Å²) in [6, 6.07) is 17.3. The SMILES string of the molecule is O=C(CSc1nnc(N2CCOCC2)n1-c1ccccc1)c1cccc(N2CCCC2=O)c1. The molecule has 0 spiro atoms. The molecular weight excluding hydrogens is 438 g/mol. The fourth-order valence-corrected chi connectivity index (χ4v) is 4.95. The van der Waals surface area contributed by atoms with Crippen molar-refractivity contribution in [1.82, 2.24) is 14.8 Å². The van der Waals surface area contributed by atoms with Gasteiger partial charge in [0, 0.05) is 37.3 Å². The summed E-state index contributed by atoms with van der Waals surface area (Å²) >= 11 is 1.37. The van der Waals surface area contributed by atoms with Gasteiger partial charge >= 0.3 is 0 Å². The number of hydrogen-bond acceptors (Lipinski definition) is 7. The lowest BCUT2D eigenvalue weighted by Crippen LogP contribution is -2.37. The van der Waals surface area contributed by atoms with Gasteiger partial charge in [-0.25, -0.2) is 0 Å². The third-order valence-corrected chi connectivity index (χ3v) is 6.74. The van der Waals surface area contributed by atoms with Crippen LogP contribution in [-0.4, -0.2) is 65.1 Å². The number of thioether (sulfide) groups is 1. The molecule has 0 bridgehead atoms. The van der Waals surface area contributed by atoms with Gasteiger partial charge in [0.2, 0.25) is 11.9 Å². The number of para-hydroxylation sites is 1. The fourth-order valence-electron chi connectivity index (χ4n) is 4.11. The highest BCUT2D eigenvalue weighted by atomic mass is 32.2. The van der Waals surface area contributed by atoms with Gasteiger partial charge in [-0.05, 0) is 30.7 Å². The number of carbonyl (C=O) groups is 2. The first-order valence-electron chi connectivity index (χ1n) is 11.1. The van der Waals surface area contributed by atoms with Gasteiger partial charge in [0.15, 0.2) is 10.9 Å². The van der Waals surface area contributed by atoms with Crippen molar-refractivity contribution in [3.63, 3.8) is 0 Å². The van der Waals surface area contributed by atoms with Crippen LogP contribution < -0.4 is 9.80 Å². The van der Waals surface area contributed by atoms with E-state index in [4.69, 9.17) is 4.74 Å². The van der Waals surface area contributed by atoms with Crippen molar-refractivity contribution in [2.24, 2.45) is 0 Å². The molecule has 8 nitrogen and oxygen atoms in total. The molecule has 5 rings (SSSR count). The zero-order chi connectivity index (χ0) is 22.6. The third kappa shape index (κ3) is 4.65. The smallest absolute Gasteiger partial charge is 0.232 e. The van der Waals surface area contributed by atoms with Crippen molar-refractivity contribution in [2.75, 3.05) is 48.4 Å². The van der Waals surface area contributed by atoms with E-state index < -0.39 is 0 Å². The quantitative estimate of drug-likeness (QED) is 0.393. The van der Waals surface area contributed by atoms with Crippen molar-refractivity contribution in [2.45, 2.75) is 18.0 Å². The van der Waals surface area contributed by atoms with Gasteiger partial charge in [0.1, 0.15) is 0 Å². The predicted octanol–water partition coefficient (Wildman–Crippen LogP) is 3.21. The molecular formula is C24H25N5O3S. The van der Waals surface area contributed by atoms with Gasteiger partial charge in [-0.3, -0.25) is 14.2 Å². The predicted molar refractivity (Wildman–Crippen MR) is 127 cm³/mol. The van der Waals surface area contributed by atoms with Crippen LogP contribution in [0.1, 0.15) is 23.2 Å². The Kier molecular flexibility index (Phi) is 6.41. The Morgan fingerprint density at radius 1 is 0.970 bits per heavy atom. The molecule has 2 aromatic carbocycles. The zero-order valence-electron chi connectivity index (χ0n) is 18.2. The molecule has 0 aliphatic carbocycles. The van der Waals surface area contributed by atoms with Crippen molar-refractivity contribution in [1.29, 1.82) is 0 Å². The van der Waals surface area contributed by atoms with Crippen LogP contribution >= 0.6 is 11.8 Å². The molecule has 2 aliphatic heterocycles. The summed E-state index contributed by atoms with van der Waals surface area (Å²) in [5, 5.41) is 9.53. The molecule has 0 unspecified atom stereocenters. The number of benzene rings is 2. The van der Waals surface area contributed by atoms with E-state index in [0.29, 0.717) is 36.9 Å². The lowest BCUT2D eigenvalue weighted by Gasteiger charge is -2.27. The Bertz CT molecular complexity index is 1140. The minimum Gasteiger partial charge on any atom is -0.378 e. The van der Waals surface area contributed by atoms with Gasteiger partial charge in [-0.2, -0.15) is 0 Å². The number of morpholine rings is 1.